The number of rotatable bonds is 4. The van der Waals surface area contributed by atoms with Gasteiger partial charge in [0.1, 0.15) is 24.1 Å². The molecule has 1 aliphatic heterocycles. The van der Waals surface area contributed by atoms with Gasteiger partial charge in [-0.3, -0.25) is 0 Å². The average Bonchev–Trinajstić information content (AvgIpc) is 3.12. The number of ether oxygens (including phenoxy) is 1. The minimum Gasteiger partial charge on any atom is -0.464 e. The first-order valence-corrected chi connectivity index (χ1v) is 6.95. The molecule has 1 aliphatic rings. The molecule has 21 heavy (non-hydrogen) atoms. The summed E-state index contributed by atoms with van der Waals surface area (Å²) >= 11 is 0. The highest BCUT2D eigenvalue weighted by Gasteiger charge is 2.42. The number of hydrogen-bond acceptors (Lipinski definition) is 5. The Kier molecular flexibility index (Phi) is 4.07. The molecule has 112 valence electrons. The van der Waals surface area contributed by atoms with E-state index in [1.54, 1.807) is 6.26 Å². The van der Waals surface area contributed by atoms with Crippen molar-refractivity contribution in [1.82, 2.24) is 0 Å². The van der Waals surface area contributed by atoms with E-state index in [0.717, 1.165) is 16.9 Å². The molecule has 2 aromatic rings. The Morgan fingerprint density at radius 1 is 0.952 bits per heavy atom. The van der Waals surface area contributed by atoms with Crippen molar-refractivity contribution in [2.24, 2.45) is 0 Å². The van der Waals surface area contributed by atoms with Gasteiger partial charge in [-0.1, -0.05) is 24.3 Å². The van der Waals surface area contributed by atoms with Crippen molar-refractivity contribution >= 4 is 0 Å². The van der Waals surface area contributed by atoms with Gasteiger partial charge in [0.2, 0.25) is 0 Å². The number of benzene rings is 1. The van der Waals surface area contributed by atoms with Crippen LogP contribution in [0.4, 0.5) is 0 Å². The summed E-state index contributed by atoms with van der Waals surface area (Å²) in [7, 11) is 0. The standard InChI is InChI=1S/C16H18O5/c17-9-14-16(19)15(18)13(21-14)8-10-4-1-2-5-11(10)12-6-3-7-20-12/h1-7,13-19H,8-9H2/t13-,14+,15-,16+/m0/s1. The molecule has 5 heteroatoms. The maximum Gasteiger partial charge on any atom is 0.134 e. The summed E-state index contributed by atoms with van der Waals surface area (Å²) in [5.41, 5.74) is 1.89. The van der Waals surface area contributed by atoms with Crippen molar-refractivity contribution in [3.05, 3.63) is 48.2 Å². The molecule has 1 saturated heterocycles. The summed E-state index contributed by atoms with van der Waals surface area (Å²) in [5, 5.41) is 29.0. The Morgan fingerprint density at radius 2 is 1.71 bits per heavy atom. The van der Waals surface area contributed by atoms with Crippen molar-refractivity contribution < 1.29 is 24.5 Å². The van der Waals surface area contributed by atoms with E-state index in [1.165, 1.54) is 0 Å². The monoisotopic (exact) mass is 290 g/mol. The minimum absolute atomic E-state index is 0.311. The molecule has 0 aliphatic carbocycles. The van der Waals surface area contributed by atoms with Crippen LogP contribution in [0, 0.1) is 0 Å². The Labute approximate surface area is 122 Å². The van der Waals surface area contributed by atoms with Crippen molar-refractivity contribution in [3.63, 3.8) is 0 Å². The van der Waals surface area contributed by atoms with E-state index in [0.29, 0.717) is 6.42 Å². The molecule has 0 unspecified atom stereocenters. The van der Waals surface area contributed by atoms with E-state index in [4.69, 9.17) is 14.3 Å². The SMILES string of the molecule is OC[C@H]1O[C@@H](Cc2ccccc2-c2ccco2)[C@H](O)[C@@H]1O. The van der Waals surface area contributed by atoms with Crippen LogP contribution in [0.2, 0.25) is 0 Å². The molecule has 0 bridgehead atoms. The van der Waals surface area contributed by atoms with Crippen molar-refractivity contribution in [2.75, 3.05) is 6.61 Å². The summed E-state index contributed by atoms with van der Waals surface area (Å²) < 4.78 is 11.0. The van der Waals surface area contributed by atoms with E-state index in [-0.39, 0.29) is 6.61 Å². The first kappa shape index (κ1) is 14.3. The fourth-order valence-electron chi connectivity index (χ4n) is 2.73. The summed E-state index contributed by atoms with van der Waals surface area (Å²) in [6.07, 6.45) is -1.30. The second-order valence-corrected chi connectivity index (χ2v) is 5.22. The van der Waals surface area contributed by atoms with E-state index >= 15 is 0 Å². The van der Waals surface area contributed by atoms with Gasteiger partial charge in [-0.2, -0.15) is 0 Å². The molecule has 0 spiro atoms. The summed E-state index contributed by atoms with van der Waals surface area (Å²) in [5.74, 6) is 0.748. The first-order valence-electron chi connectivity index (χ1n) is 6.95. The van der Waals surface area contributed by atoms with Crippen LogP contribution in [0.5, 0.6) is 0 Å². The van der Waals surface area contributed by atoms with Crippen LogP contribution in [0.15, 0.2) is 47.1 Å². The van der Waals surface area contributed by atoms with E-state index in [1.807, 2.05) is 36.4 Å². The smallest absolute Gasteiger partial charge is 0.134 e. The van der Waals surface area contributed by atoms with Crippen molar-refractivity contribution in [2.45, 2.75) is 30.8 Å². The predicted octanol–water partition coefficient (Wildman–Crippen LogP) is 0.971. The molecule has 0 radical (unpaired) electrons. The summed E-state index contributed by atoms with van der Waals surface area (Å²) in [6, 6.07) is 11.4. The van der Waals surface area contributed by atoms with Gasteiger partial charge >= 0.3 is 0 Å². The summed E-state index contributed by atoms with van der Waals surface area (Å²) in [4.78, 5) is 0. The van der Waals surface area contributed by atoms with Crippen LogP contribution in [0.25, 0.3) is 11.3 Å². The fraction of sp³-hybridized carbons (Fsp3) is 0.375. The molecule has 1 aromatic carbocycles. The average molecular weight is 290 g/mol. The van der Waals surface area contributed by atoms with Gasteiger partial charge in [-0.15, -0.1) is 0 Å². The zero-order valence-electron chi connectivity index (χ0n) is 11.4. The molecule has 3 rings (SSSR count). The van der Waals surface area contributed by atoms with E-state index in [9.17, 15) is 10.2 Å². The fourth-order valence-corrected chi connectivity index (χ4v) is 2.73. The second kappa shape index (κ2) is 5.99. The molecule has 2 heterocycles. The van der Waals surface area contributed by atoms with Gasteiger partial charge in [0.15, 0.2) is 0 Å². The van der Waals surface area contributed by atoms with Crippen LogP contribution in [-0.4, -0.2) is 46.3 Å². The largest absolute Gasteiger partial charge is 0.464 e. The quantitative estimate of drug-likeness (QED) is 0.781. The van der Waals surface area contributed by atoms with Crippen LogP contribution in [-0.2, 0) is 11.2 Å². The van der Waals surface area contributed by atoms with Crippen LogP contribution < -0.4 is 0 Å². The third-order valence-electron chi connectivity index (χ3n) is 3.87. The Bertz CT molecular complexity index is 580. The normalized spacial score (nSPS) is 28.9. The van der Waals surface area contributed by atoms with Crippen LogP contribution >= 0.6 is 0 Å². The minimum atomic E-state index is -1.06. The summed E-state index contributed by atoms with van der Waals surface area (Å²) in [6.45, 7) is -0.311. The number of furan rings is 1. The van der Waals surface area contributed by atoms with Gasteiger partial charge < -0.3 is 24.5 Å². The lowest BCUT2D eigenvalue weighted by Crippen LogP contribution is -2.34. The zero-order chi connectivity index (χ0) is 14.8. The molecule has 4 atom stereocenters. The third kappa shape index (κ3) is 2.73. The molecular weight excluding hydrogens is 272 g/mol. The Hall–Kier alpha value is -1.66. The second-order valence-electron chi connectivity index (χ2n) is 5.22. The van der Waals surface area contributed by atoms with Crippen LogP contribution in [0.1, 0.15) is 5.56 Å². The molecule has 0 saturated carbocycles. The maximum absolute atomic E-state index is 10.0. The maximum atomic E-state index is 10.0. The first-order chi connectivity index (χ1) is 10.2. The molecule has 1 aromatic heterocycles. The highest BCUT2D eigenvalue weighted by Crippen LogP contribution is 2.29. The predicted molar refractivity (Wildman–Crippen MR) is 75.6 cm³/mol. The zero-order valence-corrected chi connectivity index (χ0v) is 11.4. The number of aliphatic hydroxyl groups is 3. The number of hydrogen-bond donors (Lipinski definition) is 3. The lowest BCUT2D eigenvalue weighted by Gasteiger charge is -2.16. The van der Waals surface area contributed by atoms with Crippen molar-refractivity contribution in [3.8, 4) is 11.3 Å². The molecule has 0 amide bonds. The molecule has 1 fully saturated rings. The van der Waals surface area contributed by atoms with Gasteiger partial charge in [0.25, 0.3) is 0 Å². The highest BCUT2D eigenvalue weighted by molar-refractivity contribution is 5.62. The van der Waals surface area contributed by atoms with Crippen LogP contribution in [0.3, 0.4) is 0 Å². The van der Waals surface area contributed by atoms with Gasteiger partial charge in [0, 0.05) is 12.0 Å². The van der Waals surface area contributed by atoms with Gasteiger partial charge in [0.05, 0.1) is 19.0 Å². The van der Waals surface area contributed by atoms with Crippen molar-refractivity contribution in [1.29, 1.82) is 0 Å². The Morgan fingerprint density at radius 3 is 2.38 bits per heavy atom. The molecule has 5 nitrogen and oxygen atoms in total. The van der Waals surface area contributed by atoms with E-state index < -0.39 is 24.4 Å². The lowest BCUT2D eigenvalue weighted by molar-refractivity contribution is -0.0215. The Balaban J connectivity index is 1.83. The van der Waals surface area contributed by atoms with E-state index in [2.05, 4.69) is 0 Å². The highest BCUT2D eigenvalue weighted by atomic mass is 16.6. The third-order valence-corrected chi connectivity index (χ3v) is 3.87. The molecule has 3 N–H and O–H groups in total. The molecular formula is C16H18O5. The lowest BCUT2D eigenvalue weighted by atomic mass is 9.97. The van der Waals surface area contributed by atoms with Gasteiger partial charge in [-0.05, 0) is 17.7 Å². The topological polar surface area (TPSA) is 83.1 Å². The van der Waals surface area contributed by atoms with Gasteiger partial charge in [-0.25, -0.2) is 0 Å². The number of aliphatic hydroxyl groups excluding tert-OH is 3.